The van der Waals surface area contributed by atoms with E-state index in [0.717, 1.165) is 22.0 Å². The SMILES string of the molecule is C[C@H](CNC(=O)CCCN1C(=O)c2cccc3cccc1c23)c1ccccc1. The van der Waals surface area contributed by atoms with Crippen LogP contribution in [0, 0.1) is 0 Å². The van der Waals surface area contributed by atoms with Crippen LogP contribution in [0.25, 0.3) is 10.8 Å². The second kappa shape index (κ2) is 7.85. The highest BCUT2D eigenvalue weighted by atomic mass is 16.2. The lowest BCUT2D eigenvalue weighted by Crippen LogP contribution is -2.31. The summed E-state index contributed by atoms with van der Waals surface area (Å²) in [5, 5.41) is 5.12. The third-order valence-electron chi connectivity index (χ3n) is 5.41. The van der Waals surface area contributed by atoms with Gasteiger partial charge in [-0.05, 0) is 35.4 Å². The van der Waals surface area contributed by atoms with Gasteiger partial charge in [0.15, 0.2) is 0 Å². The van der Waals surface area contributed by atoms with Gasteiger partial charge in [-0.3, -0.25) is 9.59 Å². The predicted molar refractivity (Wildman–Crippen MR) is 113 cm³/mol. The lowest BCUT2D eigenvalue weighted by Gasteiger charge is -2.18. The number of rotatable bonds is 7. The number of benzene rings is 3. The van der Waals surface area contributed by atoms with E-state index in [0.29, 0.717) is 25.9 Å². The molecular weight excluding hydrogens is 348 g/mol. The number of nitrogens with one attached hydrogen (secondary N) is 1. The van der Waals surface area contributed by atoms with Gasteiger partial charge in [0.25, 0.3) is 5.91 Å². The maximum absolute atomic E-state index is 12.8. The van der Waals surface area contributed by atoms with Gasteiger partial charge in [0.1, 0.15) is 0 Å². The van der Waals surface area contributed by atoms with E-state index in [1.54, 1.807) is 4.90 Å². The molecule has 0 spiro atoms. The minimum Gasteiger partial charge on any atom is -0.356 e. The molecule has 3 aromatic carbocycles. The van der Waals surface area contributed by atoms with Crippen LogP contribution in [0.4, 0.5) is 5.69 Å². The van der Waals surface area contributed by atoms with Crippen molar-refractivity contribution in [2.75, 3.05) is 18.0 Å². The number of carbonyl (C=O) groups is 2. The lowest BCUT2D eigenvalue weighted by molar-refractivity contribution is -0.121. The fourth-order valence-electron chi connectivity index (χ4n) is 3.85. The van der Waals surface area contributed by atoms with Crippen LogP contribution in [-0.2, 0) is 4.79 Å². The zero-order chi connectivity index (χ0) is 19.5. The first kappa shape index (κ1) is 18.2. The summed E-state index contributed by atoms with van der Waals surface area (Å²) in [6.07, 6.45) is 1.05. The first-order valence-corrected chi connectivity index (χ1v) is 9.80. The normalized spacial score (nSPS) is 13.8. The van der Waals surface area contributed by atoms with E-state index in [-0.39, 0.29) is 17.7 Å². The quantitative estimate of drug-likeness (QED) is 0.664. The molecule has 1 heterocycles. The van der Waals surface area contributed by atoms with Crippen molar-refractivity contribution >= 4 is 28.3 Å². The number of hydrogen-bond donors (Lipinski definition) is 1. The van der Waals surface area contributed by atoms with E-state index in [2.05, 4.69) is 24.4 Å². The summed E-state index contributed by atoms with van der Waals surface area (Å²) in [6, 6.07) is 22.0. The van der Waals surface area contributed by atoms with Crippen molar-refractivity contribution in [3.63, 3.8) is 0 Å². The Kier molecular flexibility index (Phi) is 5.11. The zero-order valence-corrected chi connectivity index (χ0v) is 16.0. The van der Waals surface area contributed by atoms with Crippen LogP contribution in [0.15, 0.2) is 66.7 Å². The molecule has 28 heavy (non-hydrogen) atoms. The van der Waals surface area contributed by atoms with Crippen LogP contribution < -0.4 is 10.2 Å². The van der Waals surface area contributed by atoms with Crippen molar-refractivity contribution in [2.24, 2.45) is 0 Å². The number of nitrogens with zero attached hydrogens (tertiary/aromatic N) is 1. The van der Waals surface area contributed by atoms with Crippen molar-refractivity contribution < 1.29 is 9.59 Å². The minimum absolute atomic E-state index is 0.0323. The van der Waals surface area contributed by atoms with E-state index in [4.69, 9.17) is 0 Å². The molecule has 3 aromatic rings. The van der Waals surface area contributed by atoms with Crippen LogP contribution in [0.1, 0.15) is 41.6 Å². The van der Waals surface area contributed by atoms with Crippen LogP contribution in [0.5, 0.6) is 0 Å². The van der Waals surface area contributed by atoms with Gasteiger partial charge >= 0.3 is 0 Å². The van der Waals surface area contributed by atoms with E-state index in [1.165, 1.54) is 5.56 Å². The number of hydrogen-bond acceptors (Lipinski definition) is 2. The standard InChI is InChI=1S/C24H24N2O2/c1-17(18-8-3-2-4-9-18)16-25-22(27)14-7-15-26-21-13-6-11-19-10-5-12-20(23(19)21)24(26)28/h2-6,8-13,17H,7,14-16H2,1H3,(H,25,27)/t17-/m1/s1. The number of carbonyl (C=O) groups excluding carboxylic acids is 2. The van der Waals surface area contributed by atoms with Gasteiger partial charge < -0.3 is 10.2 Å². The Morgan fingerprint density at radius 3 is 2.54 bits per heavy atom. The van der Waals surface area contributed by atoms with Crippen LogP contribution in [0.3, 0.4) is 0 Å². The summed E-state index contributed by atoms with van der Waals surface area (Å²) in [4.78, 5) is 26.8. The van der Waals surface area contributed by atoms with E-state index in [9.17, 15) is 9.59 Å². The smallest absolute Gasteiger partial charge is 0.258 e. The third-order valence-corrected chi connectivity index (χ3v) is 5.41. The molecule has 142 valence electrons. The van der Waals surface area contributed by atoms with E-state index in [1.807, 2.05) is 54.6 Å². The molecule has 0 aromatic heterocycles. The topological polar surface area (TPSA) is 49.4 Å². The molecule has 4 heteroatoms. The summed E-state index contributed by atoms with van der Waals surface area (Å²) < 4.78 is 0. The summed E-state index contributed by atoms with van der Waals surface area (Å²) in [7, 11) is 0. The molecule has 1 N–H and O–H groups in total. The zero-order valence-electron chi connectivity index (χ0n) is 16.0. The van der Waals surface area contributed by atoms with Gasteiger partial charge in [-0.15, -0.1) is 0 Å². The third kappa shape index (κ3) is 3.50. The Labute approximate surface area is 165 Å². The largest absolute Gasteiger partial charge is 0.356 e. The maximum Gasteiger partial charge on any atom is 0.258 e. The summed E-state index contributed by atoms with van der Waals surface area (Å²) in [6.45, 7) is 3.28. The van der Waals surface area contributed by atoms with E-state index < -0.39 is 0 Å². The molecule has 4 rings (SSSR count). The molecule has 0 fully saturated rings. The molecule has 0 bridgehead atoms. The highest BCUT2D eigenvalue weighted by Gasteiger charge is 2.28. The average molecular weight is 372 g/mol. The number of amides is 2. The molecule has 4 nitrogen and oxygen atoms in total. The first-order chi connectivity index (χ1) is 13.6. The van der Waals surface area contributed by atoms with Crippen LogP contribution >= 0.6 is 0 Å². The highest BCUT2D eigenvalue weighted by molar-refractivity contribution is 6.25. The summed E-state index contributed by atoms with van der Waals surface area (Å²) in [5.74, 6) is 0.340. The molecule has 0 saturated carbocycles. The molecule has 1 aliphatic heterocycles. The molecule has 1 aliphatic rings. The monoisotopic (exact) mass is 372 g/mol. The van der Waals surface area contributed by atoms with Crippen molar-refractivity contribution in [2.45, 2.75) is 25.7 Å². The average Bonchev–Trinajstić information content (AvgIpc) is 3.01. The second-order valence-electron chi connectivity index (χ2n) is 7.36. The molecule has 1 atom stereocenters. The molecule has 0 unspecified atom stereocenters. The Balaban J connectivity index is 1.31. The molecule has 0 aliphatic carbocycles. The van der Waals surface area contributed by atoms with Crippen LogP contribution in [-0.4, -0.2) is 24.9 Å². The van der Waals surface area contributed by atoms with Gasteiger partial charge in [-0.2, -0.15) is 0 Å². The molecule has 0 saturated heterocycles. The van der Waals surface area contributed by atoms with Gasteiger partial charge in [0.05, 0.1) is 5.69 Å². The minimum atomic E-state index is 0.0323. The lowest BCUT2D eigenvalue weighted by atomic mass is 10.0. The molecule has 0 radical (unpaired) electrons. The summed E-state index contributed by atoms with van der Waals surface area (Å²) >= 11 is 0. The van der Waals surface area contributed by atoms with Crippen LogP contribution in [0.2, 0.25) is 0 Å². The Morgan fingerprint density at radius 1 is 1.00 bits per heavy atom. The van der Waals surface area contributed by atoms with Crippen molar-refractivity contribution in [3.8, 4) is 0 Å². The second-order valence-corrected chi connectivity index (χ2v) is 7.36. The first-order valence-electron chi connectivity index (χ1n) is 9.80. The van der Waals surface area contributed by atoms with E-state index >= 15 is 0 Å². The summed E-state index contributed by atoms with van der Waals surface area (Å²) in [5.41, 5.74) is 2.93. The van der Waals surface area contributed by atoms with Gasteiger partial charge in [0, 0.05) is 30.5 Å². The Bertz CT molecular complexity index is 1010. The fraction of sp³-hybridized carbons (Fsp3) is 0.250. The predicted octanol–water partition coefficient (Wildman–Crippen LogP) is 4.50. The van der Waals surface area contributed by atoms with Crippen molar-refractivity contribution in [3.05, 3.63) is 77.9 Å². The van der Waals surface area contributed by atoms with Gasteiger partial charge in [-0.25, -0.2) is 0 Å². The van der Waals surface area contributed by atoms with Crippen molar-refractivity contribution in [1.82, 2.24) is 5.32 Å². The highest BCUT2D eigenvalue weighted by Crippen LogP contribution is 2.37. The Hall–Kier alpha value is -3.14. The van der Waals surface area contributed by atoms with Gasteiger partial charge in [-0.1, -0.05) is 61.5 Å². The van der Waals surface area contributed by atoms with Gasteiger partial charge in [0.2, 0.25) is 5.91 Å². The van der Waals surface area contributed by atoms with Crippen molar-refractivity contribution in [1.29, 1.82) is 0 Å². The molecule has 2 amide bonds. The fourth-order valence-corrected chi connectivity index (χ4v) is 3.85. The molecular formula is C24H24N2O2. The Morgan fingerprint density at radius 2 is 1.75 bits per heavy atom. The number of anilines is 1. The maximum atomic E-state index is 12.8.